The molecular weight excluding hydrogens is 333 g/mol. The van der Waals surface area contributed by atoms with E-state index in [-0.39, 0.29) is 0 Å². The van der Waals surface area contributed by atoms with Crippen LogP contribution in [-0.4, -0.2) is 7.11 Å². The van der Waals surface area contributed by atoms with Gasteiger partial charge in [0.2, 0.25) is 0 Å². The molecule has 112 valence electrons. The van der Waals surface area contributed by atoms with Gasteiger partial charge in [-0.15, -0.1) is 0 Å². The summed E-state index contributed by atoms with van der Waals surface area (Å²) in [5.41, 5.74) is 0.539. The van der Waals surface area contributed by atoms with Crippen LogP contribution >= 0.6 is 15.9 Å². The van der Waals surface area contributed by atoms with Crippen LogP contribution < -0.4 is 0 Å². The summed E-state index contributed by atoms with van der Waals surface area (Å²) in [5.74, 6) is 0. The first-order valence-electron chi connectivity index (χ1n) is 6.75. The highest BCUT2D eigenvalue weighted by Gasteiger charge is 2.37. The second-order valence-corrected chi connectivity index (χ2v) is 5.82. The lowest BCUT2D eigenvalue weighted by molar-refractivity contribution is -0.137. The van der Waals surface area contributed by atoms with E-state index >= 15 is 0 Å². The fourth-order valence-electron chi connectivity index (χ4n) is 3.03. The van der Waals surface area contributed by atoms with Crippen LogP contribution in [0.1, 0.15) is 48.8 Å². The molecule has 0 radical (unpaired) electrons. The van der Waals surface area contributed by atoms with E-state index in [1.807, 2.05) is 0 Å². The van der Waals surface area contributed by atoms with Gasteiger partial charge >= 0.3 is 6.18 Å². The van der Waals surface area contributed by atoms with Crippen LogP contribution in [0.2, 0.25) is 0 Å². The van der Waals surface area contributed by atoms with Gasteiger partial charge in [0.15, 0.2) is 0 Å². The Morgan fingerprint density at radius 1 is 1.20 bits per heavy atom. The first kappa shape index (κ1) is 15.8. The van der Waals surface area contributed by atoms with Gasteiger partial charge in [-0.25, -0.2) is 0 Å². The molecule has 20 heavy (non-hydrogen) atoms. The minimum absolute atomic E-state index is 0.400. The quantitative estimate of drug-likeness (QED) is 0.662. The summed E-state index contributed by atoms with van der Waals surface area (Å²) in [5, 5.41) is 0.400. The lowest BCUT2D eigenvalue weighted by Gasteiger charge is -2.38. The molecular formula is C15H18BrF3O. The molecule has 1 saturated carbocycles. The maximum Gasteiger partial charge on any atom is 0.416 e. The van der Waals surface area contributed by atoms with E-state index in [0.717, 1.165) is 43.7 Å². The van der Waals surface area contributed by atoms with Gasteiger partial charge in [0.25, 0.3) is 0 Å². The maximum atomic E-state index is 12.8. The summed E-state index contributed by atoms with van der Waals surface area (Å²) < 4.78 is 44.2. The molecule has 0 aliphatic heterocycles. The Bertz CT molecular complexity index is 465. The molecule has 0 atom stereocenters. The predicted molar refractivity (Wildman–Crippen MR) is 75.8 cm³/mol. The highest BCUT2D eigenvalue weighted by Crippen LogP contribution is 2.43. The van der Waals surface area contributed by atoms with Crippen molar-refractivity contribution >= 4 is 15.9 Å². The minimum Gasteiger partial charge on any atom is -0.374 e. The molecule has 0 N–H and O–H groups in total. The van der Waals surface area contributed by atoms with Crippen molar-refractivity contribution in [3.05, 3.63) is 34.9 Å². The van der Waals surface area contributed by atoms with E-state index in [0.29, 0.717) is 10.9 Å². The van der Waals surface area contributed by atoms with Crippen molar-refractivity contribution in [3.63, 3.8) is 0 Å². The van der Waals surface area contributed by atoms with E-state index in [9.17, 15) is 13.2 Å². The Morgan fingerprint density at radius 2 is 1.85 bits per heavy atom. The highest BCUT2D eigenvalue weighted by molar-refractivity contribution is 9.08. The standard InChI is InChI=1S/C15H18BrF3O/c1-20-14(7-3-2-4-8-14)13-6-5-12(15(17,18)19)9-11(13)10-16/h5-6,9H,2-4,7-8,10H2,1H3. The predicted octanol–water partition coefficient (Wildman–Crippen LogP) is 5.41. The molecule has 0 spiro atoms. The summed E-state index contributed by atoms with van der Waals surface area (Å²) in [4.78, 5) is 0. The largest absolute Gasteiger partial charge is 0.416 e. The van der Waals surface area contributed by atoms with E-state index in [4.69, 9.17) is 4.74 Å². The average molecular weight is 351 g/mol. The van der Waals surface area contributed by atoms with Crippen LogP contribution in [0.3, 0.4) is 0 Å². The van der Waals surface area contributed by atoms with Gasteiger partial charge < -0.3 is 4.74 Å². The third-order valence-electron chi connectivity index (χ3n) is 4.12. The molecule has 0 amide bonds. The van der Waals surface area contributed by atoms with Crippen molar-refractivity contribution in [1.82, 2.24) is 0 Å². The van der Waals surface area contributed by atoms with Crippen molar-refractivity contribution in [1.29, 1.82) is 0 Å². The Balaban J connectivity index is 2.45. The minimum atomic E-state index is -4.30. The number of ether oxygens (including phenoxy) is 1. The van der Waals surface area contributed by atoms with Gasteiger partial charge in [0.1, 0.15) is 0 Å². The molecule has 5 heteroatoms. The van der Waals surface area contributed by atoms with E-state index in [2.05, 4.69) is 15.9 Å². The lowest BCUT2D eigenvalue weighted by atomic mass is 9.77. The van der Waals surface area contributed by atoms with E-state index in [1.165, 1.54) is 6.07 Å². The van der Waals surface area contributed by atoms with Crippen molar-refractivity contribution in [2.75, 3.05) is 7.11 Å². The van der Waals surface area contributed by atoms with Crippen LogP contribution in [-0.2, 0) is 21.8 Å². The maximum absolute atomic E-state index is 12.8. The van der Waals surface area contributed by atoms with E-state index in [1.54, 1.807) is 13.2 Å². The van der Waals surface area contributed by atoms with Gasteiger partial charge in [0, 0.05) is 12.4 Å². The fraction of sp³-hybridized carbons (Fsp3) is 0.600. The molecule has 1 fully saturated rings. The van der Waals surface area contributed by atoms with Gasteiger partial charge in [-0.3, -0.25) is 0 Å². The molecule has 1 nitrogen and oxygen atoms in total. The molecule has 1 aliphatic rings. The number of hydrogen-bond donors (Lipinski definition) is 0. The number of rotatable bonds is 3. The zero-order chi connectivity index (χ0) is 14.8. The molecule has 1 aromatic carbocycles. The molecule has 0 unspecified atom stereocenters. The lowest BCUT2D eigenvalue weighted by Crippen LogP contribution is -2.32. The smallest absolute Gasteiger partial charge is 0.374 e. The second-order valence-electron chi connectivity index (χ2n) is 5.26. The van der Waals surface area contributed by atoms with Gasteiger partial charge in [-0.05, 0) is 36.1 Å². The summed E-state index contributed by atoms with van der Waals surface area (Å²) in [7, 11) is 1.65. The molecule has 1 aromatic rings. The van der Waals surface area contributed by atoms with Crippen LogP contribution in [0.5, 0.6) is 0 Å². The number of benzene rings is 1. The number of methoxy groups -OCH3 is 1. The van der Waals surface area contributed by atoms with Gasteiger partial charge in [-0.1, -0.05) is 41.3 Å². The van der Waals surface area contributed by atoms with Crippen LogP contribution in [0.4, 0.5) is 13.2 Å². The highest BCUT2D eigenvalue weighted by atomic mass is 79.9. The average Bonchev–Trinajstić information content (AvgIpc) is 2.46. The van der Waals surface area contributed by atoms with Gasteiger partial charge in [0.05, 0.1) is 11.2 Å². The Morgan fingerprint density at radius 3 is 2.35 bits per heavy atom. The fourth-order valence-corrected chi connectivity index (χ4v) is 3.50. The zero-order valence-corrected chi connectivity index (χ0v) is 13.0. The molecule has 2 rings (SSSR count). The normalized spacial score (nSPS) is 19.1. The third-order valence-corrected chi connectivity index (χ3v) is 4.72. The molecule has 0 aromatic heterocycles. The first-order chi connectivity index (χ1) is 9.43. The monoisotopic (exact) mass is 350 g/mol. The van der Waals surface area contributed by atoms with Crippen LogP contribution in [0.25, 0.3) is 0 Å². The SMILES string of the molecule is COC1(c2ccc(C(F)(F)F)cc2CBr)CCCCC1. The number of halogens is 4. The summed E-state index contributed by atoms with van der Waals surface area (Å²) in [6.07, 6.45) is 0.703. The first-order valence-corrected chi connectivity index (χ1v) is 7.87. The van der Waals surface area contributed by atoms with Gasteiger partial charge in [-0.2, -0.15) is 13.2 Å². The topological polar surface area (TPSA) is 9.23 Å². The third kappa shape index (κ3) is 3.03. The van der Waals surface area contributed by atoms with Crippen molar-refractivity contribution < 1.29 is 17.9 Å². The second kappa shape index (κ2) is 6.06. The van der Waals surface area contributed by atoms with Crippen molar-refractivity contribution in [2.45, 2.75) is 49.2 Å². The number of alkyl halides is 4. The zero-order valence-electron chi connectivity index (χ0n) is 11.4. The molecule has 0 heterocycles. The van der Waals surface area contributed by atoms with Crippen molar-refractivity contribution in [3.8, 4) is 0 Å². The molecule has 0 bridgehead atoms. The summed E-state index contributed by atoms with van der Waals surface area (Å²) in [6, 6.07) is 3.99. The number of hydrogen-bond acceptors (Lipinski definition) is 1. The van der Waals surface area contributed by atoms with E-state index < -0.39 is 17.3 Å². The molecule has 0 saturated heterocycles. The summed E-state index contributed by atoms with van der Waals surface area (Å²) in [6.45, 7) is 0. The molecule has 1 aliphatic carbocycles. The van der Waals surface area contributed by atoms with Crippen molar-refractivity contribution in [2.24, 2.45) is 0 Å². The Hall–Kier alpha value is -0.550. The summed E-state index contributed by atoms with van der Waals surface area (Å²) >= 11 is 3.31. The van der Waals surface area contributed by atoms with Crippen LogP contribution in [0.15, 0.2) is 18.2 Å². The Labute approximate surface area is 125 Å². The van der Waals surface area contributed by atoms with Crippen LogP contribution in [0, 0.1) is 0 Å². The Kier molecular flexibility index (Phi) is 4.80.